The molecular formula is C19H23NO3. The number of para-hydroxylation sites is 1. The molecule has 4 nitrogen and oxygen atoms in total. The molecule has 0 bridgehead atoms. The van der Waals surface area contributed by atoms with Crippen LogP contribution in [0.15, 0.2) is 48.5 Å². The van der Waals surface area contributed by atoms with Crippen LogP contribution in [0.4, 0.5) is 0 Å². The summed E-state index contributed by atoms with van der Waals surface area (Å²) in [6, 6.07) is 15.5. The summed E-state index contributed by atoms with van der Waals surface area (Å²) in [5.41, 5.74) is 2.16. The zero-order valence-electron chi connectivity index (χ0n) is 13.9. The van der Waals surface area contributed by atoms with Crippen LogP contribution in [0.25, 0.3) is 0 Å². The minimum absolute atomic E-state index is 0.0453. The maximum Gasteiger partial charge on any atom is 0.260 e. The van der Waals surface area contributed by atoms with Gasteiger partial charge in [-0.05, 0) is 35.7 Å². The fraction of sp³-hybridized carbons (Fsp3) is 0.316. The highest BCUT2D eigenvalue weighted by Gasteiger charge is 2.11. The Morgan fingerprint density at radius 2 is 1.78 bits per heavy atom. The van der Waals surface area contributed by atoms with Gasteiger partial charge in [0, 0.05) is 13.6 Å². The molecule has 2 rings (SSSR count). The zero-order valence-corrected chi connectivity index (χ0v) is 13.9. The molecule has 1 amide bonds. The highest BCUT2D eigenvalue weighted by molar-refractivity contribution is 5.77. The standard InChI is InChI=1S/C19H23NO3/c1-4-16-7-5-6-8-18(16)23-14-19(21)20(2)13-15-9-11-17(22-3)12-10-15/h5-12H,4,13-14H2,1-3H3. The Morgan fingerprint density at radius 1 is 1.09 bits per heavy atom. The van der Waals surface area contributed by atoms with Gasteiger partial charge in [0.25, 0.3) is 5.91 Å². The SMILES string of the molecule is CCc1ccccc1OCC(=O)N(C)Cc1ccc(OC)cc1. The summed E-state index contributed by atoms with van der Waals surface area (Å²) in [5, 5.41) is 0. The van der Waals surface area contributed by atoms with Gasteiger partial charge >= 0.3 is 0 Å². The average Bonchev–Trinajstić information content (AvgIpc) is 2.60. The van der Waals surface area contributed by atoms with Crippen LogP contribution >= 0.6 is 0 Å². The van der Waals surface area contributed by atoms with Crippen LogP contribution in [-0.4, -0.2) is 31.6 Å². The van der Waals surface area contributed by atoms with Crippen molar-refractivity contribution in [2.75, 3.05) is 20.8 Å². The third-order valence-electron chi connectivity index (χ3n) is 3.71. The van der Waals surface area contributed by atoms with Crippen molar-refractivity contribution in [1.82, 2.24) is 4.90 Å². The molecule has 4 heteroatoms. The Kier molecular flexibility index (Phi) is 6.03. The molecule has 0 spiro atoms. The van der Waals surface area contributed by atoms with Crippen LogP contribution in [-0.2, 0) is 17.8 Å². The monoisotopic (exact) mass is 313 g/mol. The lowest BCUT2D eigenvalue weighted by Gasteiger charge is -2.18. The second-order valence-electron chi connectivity index (χ2n) is 5.35. The molecule has 0 aliphatic rings. The van der Waals surface area contributed by atoms with E-state index >= 15 is 0 Å². The molecular weight excluding hydrogens is 290 g/mol. The minimum atomic E-state index is -0.0493. The van der Waals surface area contributed by atoms with Crippen molar-refractivity contribution in [3.05, 3.63) is 59.7 Å². The van der Waals surface area contributed by atoms with Crippen LogP contribution in [0.5, 0.6) is 11.5 Å². The highest BCUT2D eigenvalue weighted by atomic mass is 16.5. The van der Waals surface area contributed by atoms with E-state index in [0.29, 0.717) is 6.54 Å². The fourth-order valence-corrected chi connectivity index (χ4v) is 2.28. The smallest absolute Gasteiger partial charge is 0.260 e. The highest BCUT2D eigenvalue weighted by Crippen LogP contribution is 2.18. The van der Waals surface area contributed by atoms with Gasteiger partial charge in [0.2, 0.25) is 0 Å². The van der Waals surface area contributed by atoms with Gasteiger partial charge in [-0.25, -0.2) is 0 Å². The molecule has 0 aromatic heterocycles. The van der Waals surface area contributed by atoms with E-state index < -0.39 is 0 Å². The van der Waals surface area contributed by atoms with E-state index in [2.05, 4.69) is 6.92 Å². The van der Waals surface area contributed by atoms with Crippen molar-refractivity contribution in [3.8, 4) is 11.5 Å². The average molecular weight is 313 g/mol. The first-order valence-electron chi connectivity index (χ1n) is 7.71. The Morgan fingerprint density at radius 3 is 2.43 bits per heavy atom. The van der Waals surface area contributed by atoms with Crippen LogP contribution in [0.2, 0.25) is 0 Å². The number of carbonyl (C=O) groups is 1. The van der Waals surface area contributed by atoms with Gasteiger partial charge in [-0.2, -0.15) is 0 Å². The first-order valence-corrected chi connectivity index (χ1v) is 7.71. The molecule has 0 atom stereocenters. The molecule has 0 fully saturated rings. The number of methoxy groups -OCH3 is 1. The van der Waals surface area contributed by atoms with Gasteiger partial charge in [-0.3, -0.25) is 4.79 Å². The summed E-state index contributed by atoms with van der Waals surface area (Å²) in [5.74, 6) is 1.54. The molecule has 0 aliphatic heterocycles. The normalized spacial score (nSPS) is 10.2. The summed E-state index contributed by atoms with van der Waals surface area (Å²) in [6.45, 7) is 2.66. The maximum atomic E-state index is 12.2. The summed E-state index contributed by atoms with van der Waals surface area (Å²) in [7, 11) is 3.41. The number of hydrogen-bond donors (Lipinski definition) is 0. The fourth-order valence-electron chi connectivity index (χ4n) is 2.28. The van der Waals surface area contributed by atoms with E-state index in [1.54, 1.807) is 19.1 Å². The lowest BCUT2D eigenvalue weighted by Crippen LogP contribution is -2.31. The molecule has 0 N–H and O–H groups in total. The molecule has 23 heavy (non-hydrogen) atoms. The number of benzene rings is 2. The van der Waals surface area contributed by atoms with E-state index in [9.17, 15) is 4.79 Å². The second-order valence-corrected chi connectivity index (χ2v) is 5.35. The maximum absolute atomic E-state index is 12.2. The Bertz CT molecular complexity index is 637. The van der Waals surface area contributed by atoms with E-state index in [-0.39, 0.29) is 12.5 Å². The van der Waals surface area contributed by atoms with Crippen LogP contribution in [0.3, 0.4) is 0 Å². The Balaban J connectivity index is 1.89. The van der Waals surface area contributed by atoms with Gasteiger partial charge in [0.15, 0.2) is 6.61 Å². The molecule has 0 saturated heterocycles. The molecule has 122 valence electrons. The van der Waals surface area contributed by atoms with Gasteiger partial charge < -0.3 is 14.4 Å². The van der Waals surface area contributed by atoms with Crippen molar-refractivity contribution < 1.29 is 14.3 Å². The van der Waals surface area contributed by atoms with Crippen molar-refractivity contribution in [2.24, 2.45) is 0 Å². The van der Waals surface area contributed by atoms with E-state index in [1.807, 2.05) is 48.5 Å². The third kappa shape index (κ3) is 4.74. The minimum Gasteiger partial charge on any atom is -0.497 e. The predicted molar refractivity (Wildman–Crippen MR) is 90.8 cm³/mol. The number of aryl methyl sites for hydroxylation is 1. The van der Waals surface area contributed by atoms with Crippen LogP contribution in [0, 0.1) is 0 Å². The van der Waals surface area contributed by atoms with Gasteiger partial charge in [0.05, 0.1) is 7.11 Å². The topological polar surface area (TPSA) is 38.8 Å². The van der Waals surface area contributed by atoms with Crippen LogP contribution < -0.4 is 9.47 Å². The predicted octanol–water partition coefficient (Wildman–Crippen LogP) is 3.30. The number of carbonyl (C=O) groups excluding carboxylic acids is 1. The number of rotatable bonds is 7. The molecule has 2 aromatic carbocycles. The molecule has 0 saturated carbocycles. The Labute approximate surface area is 137 Å². The number of nitrogens with zero attached hydrogens (tertiary/aromatic N) is 1. The lowest BCUT2D eigenvalue weighted by atomic mass is 10.1. The lowest BCUT2D eigenvalue weighted by molar-refractivity contribution is -0.132. The zero-order chi connectivity index (χ0) is 16.7. The molecule has 2 aromatic rings. The summed E-state index contributed by atoms with van der Waals surface area (Å²) >= 11 is 0. The quantitative estimate of drug-likeness (QED) is 0.787. The van der Waals surface area contributed by atoms with Crippen LogP contribution in [0.1, 0.15) is 18.1 Å². The van der Waals surface area contributed by atoms with E-state index in [0.717, 1.165) is 29.0 Å². The largest absolute Gasteiger partial charge is 0.497 e. The molecule has 0 unspecified atom stereocenters. The number of likely N-dealkylation sites (N-methyl/N-ethyl adjacent to an activating group) is 1. The second kappa shape index (κ2) is 8.22. The van der Waals surface area contributed by atoms with Crippen molar-refractivity contribution in [2.45, 2.75) is 19.9 Å². The number of hydrogen-bond acceptors (Lipinski definition) is 3. The van der Waals surface area contributed by atoms with E-state index in [1.165, 1.54) is 0 Å². The summed E-state index contributed by atoms with van der Waals surface area (Å²) in [6.07, 6.45) is 0.881. The first-order chi connectivity index (χ1) is 11.1. The Hall–Kier alpha value is -2.49. The number of ether oxygens (including phenoxy) is 2. The first kappa shape index (κ1) is 16.9. The van der Waals surface area contributed by atoms with Gasteiger partial charge in [0.1, 0.15) is 11.5 Å². The molecule has 0 heterocycles. The third-order valence-corrected chi connectivity index (χ3v) is 3.71. The summed E-state index contributed by atoms with van der Waals surface area (Å²) in [4.78, 5) is 13.9. The molecule has 0 aliphatic carbocycles. The van der Waals surface area contributed by atoms with Gasteiger partial charge in [-0.1, -0.05) is 37.3 Å². The van der Waals surface area contributed by atoms with Crippen molar-refractivity contribution in [3.63, 3.8) is 0 Å². The molecule has 0 radical (unpaired) electrons. The summed E-state index contributed by atoms with van der Waals surface area (Å²) < 4.78 is 10.8. The van der Waals surface area contributed by atoms with E-state index in [4.69, 9.17) is 9.47 Å². The number of amides is 1. The van der Waals surface area contributed by atoms with Crippen molar-refractivity contribution >= 4 is 5.91 Å². The van der Waals surface area contributed by atoms with Crippen molar-refractivity contribution in [1.29, 1.82) is 0 Å². The van der Waals surface area contributed by atoms with Gasteiger partial charge in [-0.15, -0.1) is 0 Å².